The van der Waals surface area contributed by atoms with Crippen LogP contribution < -0.4 is 10.6 Å². The van der Waals surface area contributed by atoms with Crippen molar-refractivity contribution in [3.05, 3.63) is 33.9 Å². The van der Waals surface area contributed by atoms with Gasteiger partial charge in [-0.3, -0.25) is 14.9 Å². The molecule has 0 atom stereocenters. The topological polar surface area (TPSA) is 84.3 Å². The highest BCUT2D eigenvalue weighted by Crippen LogP contribution is 2.25. The lowest BCUT2D eigenvalue weighted by Gasteiger charge is -2.07. The fourth-order valence-electron chi connectivity index (χ4n) is 1.50. The van der Waals surface area contributed by atoms with Gasteiger partial charge in [0, 0.05) is 19.0 Å². The molecule has 0 aromatic heterocycles. The minimum Gasteiger partial charge on any atom is -0.320 e. The average Bonchev–Trinajstić information content (AvgIpc) is 2.29. The smallest absolute Gasteiger partial charge is 0.292 e. The molecule has 1 aromatic rings. The molecule has 0 fully saturated rings. The Labute approximate surface area is 106 Å². The van der Waals surface area contributed by atoms with E-state index in [2.05, 4.69) is 10.6 Å². The first-order valence-electron chi connectivity index (χ1n) is 5.80. The second-order valence-electron chi connectivity index (χ2n) is 3.93. The SMILES string of the molecule is CCNCCC(=O)Nc1cc(C)ccc1[N+](=O)[O-]. The van der Waals surface area contributed by atoms with Gasteiger partial charge in [0.05, 0.1) is 4.92 Å². The maximum absolute atomic E-state index is 11.6. The quantitative estimate of drug-likeness (QED) is 0.459. The molecule has 0 aliphatic heterocycles. The summed E-state index contributed by atoms with van der Waals surface area (Å²) in [5.74, 6) is -0.232. The van der Waals surface area contributed by atoms with Crippen LogP contribution in [0.25, 0.3) is 0 Å². The molecule has 0 radical (unpaired) electrons. The van der Waals surface area contributed by atoms with E-state index < -0.39 is 4.92 Å². The van der Waals surface area contributed by atoms with Gasteiger partial charge in [-0.25, -0.2) is 0 Å². The Kier molecular flexibility index (Phi) is 5.26. The van der Waals surface area contributed by atoms with Crippen molar-refractivity contribution in [3.63, 3.8) is 0 Å². The standard InChI is InChI=1S/C12H17N3O3/c1-3-13-7-6-12(16)14-10-8-9(2)4-5-11(10)15(17)18/h4-5,8,13H,3,6-7H2,1-2H3,(H,14,16). The molecule has 1 amide bonds. The molecule has 0 aliphatic rings. The summed E-state index contributed by atoms with van der Waals surface area (Å²) >= 11 is 0. The van der Waals surface area contributed by atoms with Gasteiger partial charge in [0.25, 0.3) is 5.69 Å². The van der Waals surface area contributed by atoms with Gasteiger partial charge in [-0.15, -0.1) is 0 Å². The van der Waals surface area contributed by atoms with Gasteiger partial charge in [0.2, 0.25) is 5.91 Å². The zero-order chi connectivity index (χ0) is 13.5. The van der Waals surface area contributed by atoms with E-state index in [1.807, 2.05) is 13.8 Å². The van der Waals surface area contributed by atoms with Crippen molar-refractivity contribution in [2.45, 2.75) is 20.3 Å². The molecule has 0 bridgehead atoms. The first kappa shape index (κ1) is 14.1. The number of hydrogen-bond donors (Lipinski definition) is 2. The highest BCUT2D eigenvalue weighted by Gasteiger charge is 2.15. The van der Waals surface area contributed by atoms with Gasteiger partial charge in [-0.2, -0.15) is 0 Å². The minimum absolute atomic E-state index is 0.0857. The molecule has 1 rings (SSSR count). The van der Waals surface area contributed by atoms with Crippen LogP contribution in [0.2, 0.25) is 0 Å². The summed E-state index contributed by atoms with van der Waals surface area (Å²) in [6.45, 7) is 5.11. The first-order chi connectivity index (χ1) is 8.54. The molecular weight excluding hydrogens is 234 g/mol. The lowest BCUT2D eigenvalue weighted by atomic mass is 10.2. The van der Waals surface area contributed by atoms with Crippen molar-refractivity contribution in [2.24, 2.45) is 0 Å². The highest BCUT2D eigenvalue weighted by atomic mass is 16.6. The van der Waals surface area contributed by atoms with Gasteiger partial charge < -0.3 is 10.6 Å². The van der Waals surface area contributed by atoms with Crippen LogP contribution in [0.5, 0.6) is 0 Å². The predicted molar refractivity (Wildman–Crippen MR) is 69.6 cm³/mol. The summed E-state index contributed by atoms with van der Waals surface area (Å²) in [5, 5.41) is 16.4. The maximum Gasteiger partial charge on any atom is 0.292 e. The van der Waals surface area contributed by atoms with Crippen LogP contribution in [-0.2, 0) is 4.79 Å². The third kappa shape index (κ3) is 4.14. The Morgan fingerprint density at radius 2 is 2.17 bits per heavy atom. The van der Waals surface area contributed by atoms with E-state index in [9.17, 15) is 14.9 Å². The third-order valence-electron chi connectivity index (χ3n) is 2.40. The minimum atomic E-state index is -0.501. The van der Waals surface area contributed by atoms with Crippen LogP contribution in [0.3, 0.4) is 0 Å². The number of hydrogen-bond acceptors (Lipinski definition) is 4. The number of nitrogens with zero attached hydrogens (tertiary/aromatic N) is 1. The van der Waals surface area contributed by atoms with Crippen molar-refractivity contribution in [1.82, 2.24) is 5.32 Å². The third-order valence-corrected chi connectivity index (χ3v) is 2.40. The van der Waals surface area contributed by atoms with Crippen molar-refractivity contribution >= 4 is 17.3 Å². The van der Waals surface area contributed by atoms with E-state index >= 15 is 0 Å². The Morgan fingerprint density at radius 1 is 1.44 bits per heavy atom. The summed E-state index contributed by atoms with van der Waals surface area (Å²) in [6, 6.07) is 4.64. The van der Waals surface area contributed by atoms with Crippen LogP contribution in [-0.4, -0.2) is 23.9 Å². The summed E-state index contributed by atoms with van der Waals surface area (Å²) < 4.78 is 0. The normalized spacial score (nSPS) is 10.1. The van der Waals surface area contributed by atoms with Crippen LogP contribution >= 0.6 is 0 Å². The number of rotatable bonds is 6. The monoisotopic (exact) mass is 251 g/mol. The van der Waals surface area contributed by atoms with E-state index in [0.717, 1.165) is 12.1 Å². The zero-order valence-electron chi connectivity index (χ0n) is 10.5. The van der Waals surface area contributed by atoms with Crippen molar-refractivity contribution in [1.29, 1.82) is 0 Å². The number of nitrogens with one attached hydrogen (secondary N) is 2. The molecule has 98 valence electrons. The Hall–Kier alpha value is -1.95. The molecule has 2 N–H and O–H groups in total. The molecule has 0 unspecified atom stereocenters. The summed E-state index contributed by atoms with van der Waals surface area (Å²) in [5.41, 5.74) is 1.03. The van der Waals surface area contributed by atoms with E-state index in [4.69, 9.17) is 0 Å². The number of nitro benzene ring substituents is 1. The van der Waals surface area contributed by atoms with Gasteiger partial charge >= 0.3 is 0 Å². The molecule has 18 heavy (non-hydrogen) atoms. The van der Waals surface area contributed by atoms with Crippen molar-refractivity contribution in [3.8, 4) is 0 Å². The van der Waals surface area contributed by atoms with Gasteiger partial charge in [0.15, 0.2) is 0 Å². The second kappa shape index (κ2) is 6.70. The molecule has 0 saturated carbocycles. The van der Waals surface area contributed by atoms with Gasteiger partial charge in [-0.1, -0.05) is 13.0 Å². The first-order valence-corrected chi connectivity index (χ1v) is 5.80. The number of carbonyl (C=O) groups excluding carboxylic acids is 1. The lowest BCUT2D eigenvalue weighted by molar-refractivity contribution is -0.383. The molecule has 0 saturated heterocycles. The Balaban J connectivity index is 2.73. The Bertz CT molecular complexity index is 446. The molecule has 6 heteroatoms. The van der Waals surface area contributed by atoms with Crippen LogP contribution in [0, 0.1) is 17.0 Å². The number of benzene rings is 1. The number of aryl methyl sites for hydroxylation is 1. The average molecular weight is 251 g/mol. The zero-order valence-corrected chi connectivity index (χ0v) is 10.5. The van der Waals surface area contributed by atoms with Gasteiger partial charge in [0.1, 0.15) is 5.69 Å². The summed E-state index contributed by atoms with van der Waals surface area (Å²) in [4.78, 5) is 21.9. The molecular formula is C12H17N3O3. The van der Waals surface area contributed by atoms with E-state index in [-0.39, 0.29) is 17.3 Å². The van der Waals surface area contributed by atoms with Crippen LogP contribution in [0.1, 0.15) is 18.9 Å². The number of anilines is 1. The van der Waals surface area contributed by atoms with Crippen LogP contribution in [0.4, 0.5) is 11.4 Å². The summed E-state index contributed by atoms with van der Waals surface area (Å²) in [6.07, 6.45) is 0.291. The predicted octanol–water partition coefficient (Wildman–Crippen LogP) is 1.84. The number of carbonyl (C=O) groups is 1. The highest BCUT2D eigenvalue weighted by molar-refractivity contribution is 5.93. The van der Waals surface area contributed by atoms with E-state index in [1.54, 1.807) is 12.1 Å². The van der Waals surface area contributed by atoms with E-state index in [1.165, 1.54) is 6.07 Å². The molecule has 0 aliphatic carbocycles. The number of amides is 1. The summed E-state index contributed by atoms with van der Waals surface area (Å²) in [7, 11) is 0. The fraction of sp³-hybridized carbons (Fsp3) is 0.417. The van der Waals surface area contributed by atoms with Gasteiger partial charge in [-0.05, 0) is 25.1 Å². The molecule has 0 spiro atoms. The van der Waals surface area contributed by atoms with Crippen molar-refractivity contribution < 1.29 is 9.72 Å². The lowest BCUT2D eigenvalue weighted by Crippen LogP contribution is -2.21. The Morgan fingerprint density at radius 3 is 2.78 bits per heavy atom. The fourth-order valence-corrected chi connectivity index (χ4v) is 1.50. The van der Waals surface area contributed by atoms with E-state index in [0.29, 0.717) is 13.0 Å². The second-order valence-corrected chi connectivity index (χ2v) is 3.93. The largest absolute Gasteiger partial charge is 0.320 e. The molecule has 6 nitrogen and oxygen atoms in total. The number of nitro groups is 1. The van der Waals surface area contributed by atoms with Crippen LogP contribution in [0.15, 0.2) is 18.2 Å². The molecule has 1 aromatic carbocycles. The van der Waals surface area contributed by atoms with Crippen molar-refractivity contribution in [2.75, 3.05) is 18.4 Å². The maximum atomic E-state index is 11.6. The molecule has 0 heterocycles.